The number of carbonyl (C=O) groups excluding carboxylic acids is 1. The molecule has 0 aliphatic carbocycles. The van der Waals surface area contributed by atoms with Crippen molar-refractivity contribution < 1.29 is 4.79 Å². The molecule has 1 N–H and O–H groups in total. The number of nitrogens with zero attached hydrogens (tertiary/aromatic N) is 2. The lowest BCUT2D eigenvalue weighted by atomic mass is 10.0. The summed E-state index contributed by atoms with van der Waals surface area (Å²) in [4.78, 5) is 12.1. The number of rotatable bonds is 6. The Bertz CT molecular complexity index is 592. The summed E-state index contributed by atoms with van der Waals surface area (Å²) in [5.74, 6) is 0.0500. The first kappa shape index (κ1) is 15.8. The molecule has 0 bridgehead atoms. The molecule has 4 nitrogen and oxygen atoms in total. The van der Waals surface area contributed by atoms with Gasteiger partial charge in [-0.2, -0.15) is 5.10 Å². The monoisotopic (exact) mass is 349 g/mol. The van der Waals surface area contributed by atoms with Crippen LogP contribution in [0.15, 0.2) is 41.1 Å². The lowest BCUT2D eigenvalue weighted by Gasteiger charge is -2.17. The van der Waals surface area contributed by atoms with Crippen molar-refractivity contribution in [1.29, 1.82) is 0 Å². The first-order chi connectivity index (χ1) is 10.1. The van der Waals surface area contributed by atoms with Crippen LogP contribution in [0.25, 0.3) is 0 Å². The van der Waals surface area contributed by atoms with E-state index in [4.69, 9.17) is 0 Å². The van der Waals surface area contributed by atoms with Gasteiger partial charge in [0.15, 0.2) is 0 Å². The van der Waals surface area contributed by atoms with Gasteiger partial charge < -0.3 is 5.32 Å². The Balaban J connectivity index is 1.89. The number of aryl methyl sites for hydroxylation is 2. The van der Waals surface area contributed by atoms with E-state index in [1.165, 1.54) is 5.56 Å². The Morgan fingerprint density at radius 3 is 2.67 bits per heavy atom. The molecular weight excluding hydrogens is 330 g/mol. The fourth-order valence-corrected chi connectivity index (χ4v) is 2.49. The van der Waals surface area contributed by atoms with E-state index < -0.39 is 0 Å². The number of benzene rings is 1. The molecule has 0 saturated carbocycles. The number of hydrogen-bond donors (Lipinski definition) is 1. The van der Waals surface area contributed by atoms with Crippen LogP contribution in [-0.4, -0.2) is 15.7 Å². The molecular formula is C16H20BrN3O. The van der Waals surface area contributed by atoms with E-state index in [0.717, 1.165) is 16.5 Å². The fraction of sp³-hybridized carbons (Fsp3) is 0.375. The van der Waals surface area contributed by atoms with Crippen LogP contribution in [0, 0.1) is 6.92 Å². The summed E-state index contributed by atoms with van der Waals surface area (Å²) in [5.41, 5.74) is 2.38. The molecule has 1 atom stereocenters. The van der Waals surface area contributed by atoms with Crippen molar-refractivity contribution in [3.8, 4) is 0 Å². The molecule has 1 heterocycles. The minimum atomic E-state index is 0.0500. The second-order valence-corrected chi connectivity index (χ2v) is 6.03. The standard InChI is InChI=1S/C16H20BrN3O/c1-3-15(13-6-4-12(2)5-7-13)19-16(21)8-9-20-11-14(17)10-18-20/h4-7,10-11,15H,3,8-9H2,1-2H3,(H,19,21). The molecule has 0 aliphatic rings. The summed E-state index contributed by atoms with van der Waals surface area (Å²) in [5, 5.41) is 7.23. The van der Waals surface area contributed by atoms with E-state index in [1.54, 1.807) is 10.9 Å². The van der Waals surface area contributed by atoms with Crippen LogP contribution in [0.1, 0.15) is 36.9 Å². The average Bonchev–Trinajstić information content (AvgIpc) is 2.89. The van der Waals surface area contributed by atoms with Gasteiger partial charge in [0.2, 0.25) is 5.91 Å². The highest BCUT2D eigenvalue weighted by Crippen LogP contribution is 2.17. The van der Waals surface area contributed by atoms with E-state index in [-0.39, 0.29) is 11.9 Å². The molecule has 0 spiro atoms. The highest BCUT2D eigenvalue weighted by atomic mass is 79.9. The van der Waals surface area contributed by atoms with Gasteiger partial charge in [-0.3, -0.25) is 9.48 Å². The molecule has 5 heteroatoms. The van der Waals surface area contributed by atoms with E-state index in [1.807, 2.05) is 6.20 Å². The van der Waals surface area contributed by atoms with Crippen molar-refractivity contribution in [2.24, 2.45) is 0 Å². The van der Waals surface area contributed by atoms with E-state index in [0.29, 0.717) is 13.0 Å². The van der Waals surface area contributed by atoms with Gasteiger partial charge >= 0.3 is 0 Å². The van der Waals surface area contributed by atoms with E-state index in [2.05, 4.69) is 64.5 Å². The summed E-state index contributed by atoms with van der Waals surface area (Å²) in [6, 6.07) is 8.38. The molecule has 0 saturated heterocycles. The SMILES string of the molecule is CCC(NC(=O)CCn1cc(Br)cn1)c1ccc(C)cc1. The molecule has 1 aromatic carbocycles. The van der Waals surface area contributed by atoms with Crippen molar-refractivity contribution in [1.82, 2.24) is 15.1 Å². The van der Waals surface area contributed by atoms with Crippen molar-refractivity contribution in [3.63, 3.8) is 0 Å². The lowest BCUT2D eigenvalue weighted by molar-refractivity contribution is -0.122. The maximum atomic E-state index is 12.1. The molecule has 1 unspecified atom stereocenters. The number of carbonyl (C=O) groups is 1. The second kappa shape index (κ2) is 7.41. The van der Waals surface area contributed by atoms with Gasteiger partial charge in [-0.05, 0) is 34.8 Å². The first-order valence-electron chi connectivity index (χ1n) is 7.12. The van der Waals surface area contributed by atoms with Gasteiger partial charge in [-0.25, -0.2) is 0 Å². The Morgan fingerprint density at radius 2 is 2.10 bits per heavy atom. The summed E-state index contributed by atoms with van der Waals surface area (Å²) in [7, 11) is 0. The minimum absolute atomic E-state index is 0.0500. The van der Waals surface area contributed by atoms with Crippen LogP contribution in [0.5, 0.6) is 0 Å². The maximum Gasteiger partial charge on any atom is 0.222 e. The summed E-state index contributed by atoms with van der Waals surface area (Å²) >= 11 is 3.34. The van der Waals surface area contributed by atoms with Crippen LogP contribution in [0.3, 0.4) is 0 Å². The Morgan fingerprint density at radius 1 is 1.38 bits per heavy atom. The minimum Gasteiger partial charge on any atom is -0.349 e. The zero-order chi connectivity index (χ0) is 15.2. The zero-order valence-electron chi connectivity index (χ0n) is 12.3. The third-order valence-corrected chi connectivity index (χ3v) is 3.80. The summed E-state index contributed by atoms with van der Waals surface area (Å²) < 4.78 is 2.69. The quantitative estimate of drug-likeness (QED) is 0.865. The molecule has 0 radical (unpaired) electrons. The highest BCUT2D eigenvalue weighted by molar-refractivity contribution is 9.10. The van der Waals surface area contributed by atoms with Crippen LogP contribution in [0.2, 0.25) is 0 Å². The second-order valence-electron chi connectivity index (χ2n) is 5.11. The summed E-state index contributed by atoms with van der Waals surface area (Å²) in [6.45, 7) is 4.72. The molecule has 1 amide bonds. The van der Waals surface area contributed by atoms with E-state index >= 15 is 0 Å². The molecule has 0 aliphatic heterocycles. The van der Waals surface area contributed by atoms with Gasteiger partial charge in [0.05, 0.1) is 16.7 Å². The maximum absolute atomic E-state index is 12.1. The van der Waals surface area contributed by atoms with Crippen LogP contribution in [0.4, 0.5) is 0 Å². The van der Waals surface area contributed by atoms with Crippen molar-refractivity contribution in [2.75, 3.05) is 0 Å². The number of hydrogen-bond acceptors (Lipinski definition) is 2. The van der Waals surface area contributed by atoms with Crippen molar-refractivity contribution >= 4 is 21.8 Å². The average molecular weight is 350 g/mol. The topological polar surface area (TPSA) is 46.9 Å². The van der Waals surface area contributed by atoms with Crippen LogP contribution in [-0.2, 0) is 11.3 Å². The van der Waals surface area contributed by atoms with Gasteiger partial charge in [-0.1, -0.05) is 36.8 Å². The number of halogens is 1. The summed E-state index contributed by atoms with van der Waals surface area (Å²) in [6.07, 6.45) is 4.89. The van der Waals surface area contributed by atoms with Gasteiger partial charge in [0.25, 0.3) is 0 Å². The van der Waals surface area contributed by atoms with E-state index in [9.17, 15) is 4.79 Å². The Kier molecular flexibility index (Phi) is 5.56. The van der Waals surface area contributed by atoms with Gasteiger partial charge in [-0.15, -0.1) is 0 Å². The lowest BCUT2D eigenvalue weighted by Crippen LogP contribution is -2.28. The predicted molar refractivity (Wildman–Crippen MR) is 86.9 cm³/mol. The smallest absolute Gasteiger partial charge is 0.222 e. The number of aromatic nitrogens is 2. The Hall–Kier alpha value is -1.62. The predicted octanol–water partition coefficient (Wildman–Crippen LogP) is 3.61. The third kappa shape index (κ3) is 4.70. The first-order valence-corrected chi connectivity index (χ1v) is 7.91. The van der Waals surface area contributed by atoms with Gasteiger partial charge in [0, 0.05) is 19.2 Å². The number of nitrogens with one attached hydrogen (secondary N) is 1. The molecule has 2 aromatic rings. The van der Waals surface area contributed by atoms with Crippen LogP contribution < -0.4 is 5.32 Å². The zero-order valence-corrected chi connectivity index (χ0v) is 13.9. The van der Waals surface area contributed by atoms with Crippen LogP contribution >= 0.6 is 15.9 Å². The van der Waals surface area contributed by atoms with Crippen molar-refractivity contribution in [3.05, 3.63) is 52.3 Å². The molecule has 112 valence electrons. The van der Waals surface area contributed by atoms with Crippen molar-refractivity contribution in [2.45, 2.75) is 39.3 Å². The molecule has 2 rings (SSSR count). The molecule has 21 heavy (non-hydrogen) atoms. The Labute approximate surface area is 133 Å². The normalized spacial score (nSPS) is 12.1. The fourth-order valence-electron chi connectivity index (χ4n) is 2.16. The van der Waals surface area contributed by atoms with Gasteiger partial charge in [0.1, 0.15) is 0 Å². The highest BCUT2D eigenvalue weighted by Gasteiger charge is 2.12. The molecule has 1 aromatic heterocycles. The largest absolute Gasteiger partial charge is 0.349 e. The third-order valence-electron chi connectivity index (χ3n) is 3.39. The molecule has 0 fully saturated rings. The number of amides is 1.